The predicted molar refractivity (Wildman–Crippen MR) is 141 cm³/mol. The van der Waals surface area contributed by atoms with Gasteiger partial charge in [-0.25, -0.2) is 5.43 Å². The number of likely N-dealkylation sites (tertiary alicyclic amines) is 1. The van der Waals surface area contributed by atoms with E-state index in [9.17, 15) is 14.4 Å². The summed E-state index contributed by atoms with van der Waals surface area (Å²) in [6.07, 6.45) is 2.05. The number of piperidine rings is 2. The average molecular weight is 526 g/mol. The number of benzene rings is 1. The Balaban J connectivity index is 1.11. The number of anilines is 1. The van der Waals surface area contributed by atoms with E-state index in [2.05, 4.69) is 71.5 Å². The number of rotatable bonds is 5. The Morgan fingerprint density at radius 3 is 2.34 bits per heavy atom. The first-order valence-corrected chi connectivity index (χ1v) is 13.9. The molecule has 5 fully saturated rings. The fourth-order valence-corrected chi connectivity index (χ4v) is 6.67. The van der Waals surface area contributed by atoms with E-state index in [0.29, 0.717) is 19.4 Å². The number of fused-ring (bicyclic) bond motifs is 1. The number of nitrogens with zero attached hydrogens (tertiary/aromatic N) is 2. The minimum Gasteiger partial charge on any atom is -0.369 e. The molecule has 4 atom stereocenters. The maximum atomic E-state index is 12.9. The van der Waals surface area contributed by atoms with E-state index in [1.54, 1.807) is 0 Å². The highest BCUT2D eigenvalue weighted by molar-refractivity contribution is 5.98. The number of hydrazine groups is 1. The molecule has 1 aromatic rings. The summed E-state index contributed by atoms with van der Waals surface area (Å²) in [7, 11) is 0. The first-order valence-electron chi connectivity index (χ1n) is 13.9. The van der Waals surface area contributed by atoms with Crippen LogP contribution in [0.4, 0.5) is 5.69 Å². The zero-order chi connectivity index (χ0) is 26.1. The number of nitrogens with one attached hydrogen (secondary N) is 7. The largest absolute Gasteiger partial charge is 0.369 e. The fourth-order valence-electron chi connectivity index (χ4n) is 6.67. The van der Waals surface area contributed by atoms with Crippen LogP contribution in [0.15, 0.2) is 24.3 Å². The van der Waals surface area contributed by atoms with Gasteiger partial charge >= 0.3 is 0 Å². The Hall–Kier alpha value is -2.61. The highest BCUT2D eigenvalue weighted by Gasteiger charge is 2.47. The standard InChI is InChI=1S/C26H39N9O3/c36-20-13-26(14-21(37)31-20)5-9-35(10-6-26)25-30-19-15-28-33-24(38)22(19)23(32-25)29-18-3-1-17(2-4-18)16-34-11-7-27-8-12-34/h1-4,19,22-23,25,27-30,32H,5-16H2,(H,33,38)(H,31,36,37). The van der Waals surface area contributed by atoms with Gasteiger partial charge < -0.3 is 10.6 Å². The molecule has 7 N–H and O–H groups in total. The van der Waals surface area contributed by atoms with E-state index < -0.39 is 0 Å². The van der Waals surface area contributed by atoms with Crippen LogP contribution < -0.4 is 37.4 Å². The van der Waals surface area contributed by atoms with Crippen molar-refractivity contribution in [3.63, 3.8) is 0 Å². The van der Waals surface area contributed by atoms with Gasteiger partial charge in [-0.05, 0) is 36.0 Å². The van der Waals surface area contributed by atoms with Gasteiger partial charge in [-0.2, -0.15) is 0 Å². The molecule has 1 spiro atoms. The van der Waals surface area contributed by atoms with Crippen molar-refractivity contribution >= 4 is 23.4 Å². The molecule has 0 aliphatic carbocycles. The summed E-state index contributed by atoms with van der Waals surface area (Å²) in [5, 5.41) is 16.7. The number of amides is 3. The maximum Gasteiger partial charge on any atom is 0.242 e. The molecule has 5 aliphatic heterocycles. The normalized spacial score (nSPS) is 32.4. The SMILES string of the molecule is O=C1CC2(CCN(C3NC4CNNC(=O)C4C(Nc4ccc(CN5CCNCC5)cc4)N3)CC2)CC(=O)N1. The molecule has 5 saturated heterocycles. The third-order valence-corrected chi connectivity index (χ3v) is 8.80. The zero-order valence-electron chi connectivity index (χ0n) is 21.7. The Kier molecular flexibility index (Phi) is 7.34. The van der Waals surface area contributed by atoms with Crippen molar-refractivity contribution in [3.05, 3.63) is 29.8 Å². The molecule has 206 valence electrons. The van der Waals surface area contributed by atoms with Crippen molar-refractivity contribution in [2.75, 3.05) is 51.1 Å². The van der Waals surface area contributed by atoms with Crippen molar-refractivity contribution in [2.45, 2.75) is 50.7 Å². The molecule has 1 aromatic carbocycles. The second-order valence-electron chi connectivity index (χ2n) is 11.4. The summed E-state index contributed by atoms with van der Waals surface area (Å²) in [4.78, 5) is 41.7. The van der Waals surface area contributed by atoms with Crippen molar-refractivity contribution in [1.82, 2.24) is 41.9 Å². The molecular weight excluding hydrogens is 486 g/mol. The van der Waals surface area contributed by atoms with Gasteiger partial charge in [0, 0.05) is 76.9 Å². The molecule has 0 radical (unpaired) electrons. The minimum atomic E-state index is -0.288. The van der Waals surface area contributed by atoms with Crippen LogP contribution in [0.25, 0.3) is 0 Å². The summed E-state index contributed by atoms with van der Waals surface area (Å²) in [6.45, 7) is 7.31. The second kappa shape index (κ2) is 10.9. The van der Waals surface area contributed by atoms with E-state index in [1.807, 2.05) is 0 Å². The lowest BCUT2D eigenvalue weighted by Crippen LogP contribution is -2.77. The van der Waals surface area contributed by atoms with Crippen LogP contribution in [0.5, 0.6) is 0 Å². The first-order chi connectivity index (χ1) is 18.5. The number of piperazine rings is 1. The van der Waals surface area contributed by atoms with E-state index in [-0.39, 0.29) is 47.6 Å². The molecule has 12 nitrogen and oxygen atoms in total. The lowest BCUT2D eigenvalue weighted by atomic mass is 9.71. The summed E-state index contributed by atoms with van der Waals surface area (Å²) in [6, 6.07) is 8.47. The van der Waals surface area contributed by atoms with Gasteiger partial charge in [0.25, 0.3) is 0 Å². The maximum absolute atomic E-state index is 12.9. The monoisotopic (exact) mass is 525 g/mol. The number of carbonyl (C=O) groups excluding carboxylic acids is 3. The van der Waals surface area contributed by atoms with Crippen LogP contribution in [0.1, 0.15) is 31.2 Å². The molecule has 0 aromatic heterocycles. The molecule has 6 rings (SSSR count). The molecule has 12 heteroatoms. The van der Waals surface area contributed by atoms with Crippen LogP contribution in [0.2, 0.25) is 0 Å². The number of hydrogen-bond acceptors (Lipinski definition) is 10. The first kappa shape index (κ1) is 25.7. The Morgan fingerprint density at radius 1 is 0.921 bits per heavy atom. The van der Waals surface area contributed by atoms with E-state index in [4.69, 9.17) is 0 Å². The summed E-state index contributed by atoms with van der Waals surface area (Å²) < 4.78 is 0. The van der Waals surface area contributed by atoms with Gasteiger partial charge in [-0.15, -0.1) is 0 Å². The number of carbonyl (C=O) groups is 3. The molecule has 4 unspecified atom stereocenters. The van der Waals surface area contributed by atoms with Crippen molar-refractivity contribution in [2.24, 2.45) is 11.3 Å². The van der Waals surface area contributed by atoms with Gasteiger partial charge in [-0.3, -0.25) is 45.6 Å². The highest BCUT2D eigenvalue weighted by atomic mass is 16.2. The van der Waals surface area contributed by atoms with Gasteiger partial charge in [0.2, 0.25) is 17.7 Å². The van der Waals surface area contributed by atoms with Gasteiger partial charge in [-0.1, -0.05) is 12.1 Å². The van der Waals surface area contributed by atoms with Crippen LogP contribution >= 0.6 is 0 Å². The van der Waals surface area contributed by atoms with Crippen molar-refractivity contribution in [3.8, 4) is 0 Å². The molecule has 5 heterocycles. The summed E-state index contributed by atoms with van der Waals surface area (Å²) >= 11 is 0. The number of imide groups is 1. The van der Waals surface area contributed by atoms with Crippen LogP contribution in [-0.2, 0) is 20.9 Å². The van der Waals surface area contributed by atoms with E-state index in [0.717, 1.165) is 64.3 Å². The van der Waals surface area contributed by atoms with Crippen LogP contribution in [0, 0.1) is 11.3 Å². The Bertz CT molecular complexity index is 1020. The smallest absolute Gasteiger partial charge is 0.242 e. The zero-order valence-corrected chi connectivity index (χ0v) is 21.7. The average Bonchev–Trinajstić information content (AvgIpc) is 2.90. The van der Waals surface area contributed by atoms with Gasteiger partial charge in [0.15, 0.2) is 0 Å². The minimum absolute atomic E-state index is 0.0441. The Labute approximate surface area is 223 Å². The molecule has 38 heavy (non-hydrogen) atoms. The quantitative estimate of drug-likeness (QED) is 0.226. The predicted octanol–water partition coefficient (Wildman–Crippen LogP) is -1.56. The second-order valence-corrected chi connectivity index (χ2v) is 11.4. The third-order valence-electron chi connectivity index (χ3n) is 8.80. The Morgan fingerprint density at radius 2 is 1.63 bits per heavy atom. The van der Waals surface area contributed by atoms with E-state index in [1.165, 1.54) is 5.56 Å². The number of hydrogen-bond donors (Lipinski definition) is 7. The van der Waals surface area contributed by atoms with Crippen molar-refractivity contribution in [1.29, 1.82) is 0 Å². The molecule has 0 bridgehead atoms. The fraction of sp³-hybridized carbons (Fsp3) is 0.654. The van der Waals surface area contributed by atoms with Crippen LogP contribution in [-0.4, -0.2) is 91.8 Å². The molecular formula is C26H39N9O3. The topological polar surface area (TPSA) is 142 Å². The highest BCUT2D eigenvalue weighted by Crippen LogP contribution is 2.40. The van der Waals surface area contributed by atoms with Crippen LogP contribution in [0.3, 0.4) is 0 Å². The van der Waals surface area contributed by atoms with E-state index >= 15 is 0 Å². The van der Waals surface area contributed by atoms with Crippen molar-refractivity contribution < 1.29 is 14.4 Å². The summed E-state index contributed by atoms with van der Waals surface area (Å²) in [5.74, 6) is -0.649. The van der Waals surface area contributed by atoms with Gasteiger partial charge in [0.1, 0.15) is 6.29 Å². The molecule has 0 saturated carbocycles. The van der Waals surface area contributed by atoms with Gasteiger partial charge in [0.05, 0.1) is 12.1 Å². The third kappa shape index (κ3) is 5.56. The lowest BCUT2D eigenvalue weighted by molar-refractivity contribution is -0.140. The summed E-state index contributed by atoms with van der Waals surface area (Å²) in [5.41, 5.74) is 7.83. The lowest BCUT2D eigenvalue weighted by Gasteiger charge is -2.51. The molecule has 3 amide bonds. The molecule has 5 aliphatic rings.